The van der Waals surface area contributed by atoms with Gasteiger partial charge in [-0.1, -0.05) is 38.3 Å². The number of hydrogen-bond acceptors (Lipinski definition) is 6. The molecule has 0 aromatic heterocycles. The summed E-state index contributed by atoms with van der Waals surface area (Å²) in [5.41, 5.74) is 2.07. The maximum Gasteiger partial charge on any atom is 0.319 e. The molecule has 3 N–H and O–H groups in total. The summed E-state index contributed by atoms with van der Waals surface area (Å²) in [6.07, 6.45) is 5.26. The van der Waals surface area contributed by atoms with Crippen LogP contribution in [0.25, 0.3) is 0 Å². The quantitative estimate of drug-likeness (QED) is 0.423. The van der Waals surface area contributed by atoms with E-state index in [4.69, 9.17) is 9.47 Å². The number of fused-ring (bicyclic) bond motifs is 1. The molecular formula is C31H44N4O5. The smallest absolute Gasteiger partial charge is 0.319 e. The number of nitrogens with zero attached hydrogens (tertiary/aromatic N) is 2. The summed E-state index contributed by atoms with van der Waals surface area (Å²) in [5.74, 6) is 1.10. The van der Waals surface area contributed by atoms with Crippen LogP contribution in [0.2, 0.25) is 0 Å². The first-order valence-corrected chi connectivity index (χ1v) is 14.4. The molecule has 218 valence electrons. The fourth-order valence-electron chi connectivity index (χ4n) is 5.53. The average molecular weight is 553 g/mol. The molecule has 1 aliphatic carbocycles. The first-order valence-electron chi connectivity index (χ1n) is 14.4. The molecule has 3 atom stereocenters. The van der Waals surface area contributed by atoms with Crippen LogP contribution in [0.5, 0.6) is 11.5 Å². The summed E-state index contributed by atoms with van der Waals surface area (Å²) in [4.78, 5) is 30.3. The number of ether oxygens (including phenoxy) is 2. The van der Waals surface area contributed by atoms with Gasteiger partial charge in [-0.05, 0) is 62.7 Å². The molecule has 40 heavy (non-hydrogen) atoms. The maximum atomic E-state index is 13.7. The molecule has 2 aromatic carbocycles. The van der Waals surface area contributed by atoms with Gasteiger partial charge in [-0.3, -0.25) is 9.69 Å². The van der Waals surface area contributed by atoms with Crippen LogP contribution in [-0.2, 0) is 6.54 Å². The van der Waals surface area contributed by atoms with Gasteiger partial charge in [0.2, 0.25) is 0 Å². The normalized spacial score (nSPS) is 20.6. The predicted molar refractivity (Wildman–Crippen MR) is 156 cm³/mol. The van der Waals surface area contributed by atoms with Crippen LogP contribution in [0.1, 0.15) is 61.9 Å². The number of carbonyl (C=O) groups is 2. The molecule has 0 radical (unpaired) electrons. The van der Waals surface area contributed by atoms with Gasteiger partial charge in [-0.25, -0.2) is 4.79 Å². The van der Waals surface area contributed by atoms with Gasteiger partial charge in [-0.15, -0.1) is 0 Å². The summed E-state index contributed by atoms with van der Waals surface area (Å²) in [7, 11) is 3.71. The molecular weight excluding hydrogens is 508 g/mol. The van der Waals surface area contributed by atoms with Crippen molar-refractivity contribution in [2.45, 2.75) is 70.7 Å². The monoisotopic (exact) mass is 552 g/mol. The van der Waals surface area contributed by atoms with Crippen molar-refractivity contribution in [1.29, 1.82) is 0 Å². The summed E-state index contributed by atoms with van der Waals surface area (Å²) >= 11 is 0. The van der Waals surface area contributed by atoms with Crippen molar-refractivity contribution in [2.75, 3.05) is 39.2 Å². The van der Waals surface area contributed by atoms with Crippen molar-refractivity contribution >= 4 is 17.6 Å². The number of aliphatic hydroxyl groups is 1. The number of benzene rings is 2. The SMILES string of the molecule is COc1ccc(CN(C)C[C@@H]2Oc3ccc(NC(=O)NC4CCCCC4)cc3C(=O)N([C@H](C)CO)C[C@@H]2C)cc1. The van der Waals surface area contributed by atoms with Crippen molar-refractivity contribution in [3.8, 4) is 11.5 Å². The third kappa shape index (κ3) is 7.67. The Hall–Kier alpha value is -3.30. The first-order chi connectivity index (χ1) is 19.3. The number of methoxy groups -OCH3 is 1. The van der Waals surface area contributed by atoms with Crippen molar-refractivity contribution in [1.82, 2.24) is 15.1 Å². The molecule has 1 heterocycles. The Balaban J connectivity index is 1.52. The van der Waals surface area contributed by atoms with Gasteiger partial charge in [-0.2, -0.15) is 0 Å². The highest BCUT2D eigenvalue weighted by atomic mass is 16.5. The first kappa shape index (κ1) is 29.7. The third-order valence-corrected chi connectivity index (χ3v) is 7.97. The van der Waals surface area contributed by atoms with Crippen LogP contribution in [-0.4, -0.2) is 78.9 Å². The summed E-state index contributed by atoms with van der Waals surface area (Å²) in [6, 6.07) is 12.8. The fraction of sp³-hybridized carbons (Fsp3) is 0.548. The van der Waals surface area contributed by atoms with E-state index in [-0.39, 0.29) is 42.7 Å². The van der Waals surface area contributed by atoms with Gasteiger partial charge >= 0.3 is 6.03 Å². The van der Waals surface area contributed by atoms with E-state index >= 15 is 0 Å². The lowest BCUT2D eigenvalue weighted by Crippen LogP contribution is -2.49. The second-order valence-corrected chi connectivity index (χ2v) is 11.3. The van der Waals surface area contributed by atoms with Crippen LogP contribution in [0.4, 0.5) is 10.5 Å². The van der Waals surface area contributed by atoms with Crippen LogP contribution < -0.4 is 20.1 Å². The second-order valence-electron chi connectivity index (χ2n) is 11.3. The summed E-state index contributed by atoms with van der Waals surface area (Å²) in [6.45, 7) is 5.60. The zero-order valence-electron chi connectivity index (χ0n) is 24.2. The van der Waals surface area contributed by atoms with Gasteiger partial charge in [0, 0.05) is 37.3 Å². The molecule has 4 rings (SSSR count). The number of aliphatic hydroxyl groups excluding tert-OH is 1. The average Bonchev–Trinajstić information content (AvgIpc) is 2.95. The number of nitrogens with one attached hydrogen (secondary N) is 2. The van der Waals surface area contributed by atoms with Crippen LogP contribution in [0, 0.1) is 5.92 Å². The molecule has 3 amide bonds. The minimum atomic E-state index is -0.357. The molecule has 1 fully saturated rings. The summed E-state index contributed by atoms with van der Waals surface area (Å²) < 4.78 is 11.8. The highest BCUT2D eigenvalue weighted by molar-refractivity contribution is 5.99. The van der Waals surface area contributed by atoms with E-state index < -0.39 is 0 Å². The van der Waals surface area contributed by atoms with Gasteiger partial charge in [0.15, 0.2) is 0 Å². The van der Waals surface area contributed by atoms with Crippen molar-refractivity contribution < 1.29 is 24.2 Å². The lowest BCUT2D eigenvalue weighted by molar-refractivity contribution is 0.0341. The highest BCUT2D eigenvalue weighted by Gasteiger charge is 2.33. The number of rotatable bonds is 9. The Kier molecular flexibility index (Phi) is 10.3. The van der Waals surface area contributed by atoms with Crippen LogP contribution in [0.15, 0.2) is 42.5 Å². The largest absolute Gasteiger partial charge is 0.497 e. The van der Waals surface area contributed by atoms with Gasteiger partial charge in [0.25, 0.3) is 5.91 Å². The molecule has 1 saturated carbocycles. The van der Waals surface area contributed by atoms with Gasteiger partial charge in [0.1, 0.15) is 17.6 Å². The Morgan fingerprint density at radius 1 is 1.18 bits per heavy atom. The maximum absolute atomic E-state index is 13.7. The molecule has 9 nitrogen and oxygen atoms in total. The van der Waals surface area contributed by atoms with Crippen molar-refractivity contribution in [2.24, 2.45) is 5.92 Å². The predicted octanol–water partition coefficient (Wildman–Crippen LogP) is 4.50. The van der Waals surface area contributed by atoms with E-state index in [0.29, 0.717) is 30.1 Å². The number of anilines is 1. The van der Waals surface area contributed by atoms with Crippen LogP contribution in [0.3, 0.4) is 0 Å². The molecule has 0 bridgehead atoms. The Morgan fingerprint density at radius 3 is 2.58 bits per heavy atom. The fourth-order valence-corrected chi connectivity index (χ4v) is 5.53. The van der Waals surface area contributed by atoms with E-state index in [1.54, 1.807) is 30.2 Å². The Morgan fingerprint density at radius 2 is 1.90 bits per heavy atom. The zero-order valence-corrected chi connectivity index (χ0v) is 24.2. The van der Waals surface area contributed by atoms with E-state index in [9.17, 15) is 14.7 Å². The van der Waals surface area contributed by atoms with E-state index in [2.05, 4.69) is 41.6 Å². The highest BCUT2D eigenvalue weighted by Crippen LogP contribution is 2.31. The van der Waals surface area contributed by atoms with Crippen molar-refractivity contribution in [3.63, 3.8) is 0 Å². The van der Waals surface area contributed by atoms with Crippen LogP contribution >= 0.6 is 0 Å². The van der Waals surface area contributed by atoms with Gasteiger partial charge < -0.3 is 30.1 Å². The number of urea groups is 1. The lowest BCUT2D eigenvalue weighted by Gasteiger charge is -2.38. The van der Waals surface area contributed by atoms with E-state index in [0.717, 1.165) is 43.5 Å². The molecule has 2 aromatic rings. The number of carbonyl (C=O) groups excluding carboxylic acids is 2. The molecule has 0 spiro atoms. The Bertz CT molecular complexity index is 1140. The second kappa shape index (κ2) is 13.9. The van der Waals surface area contributed by atoms with Crippen molar-refractivity contribution in [3.05, 3.63) is 53.6 Å². The lowest BCUT2D eigenvalue weighted by atomic mass is 9.96. The van der Waals surface area contributed by atoms with Gasteiger partial charge in [0.05, 0.1) is 25.3 Å². The summed E-state index contributed by atoms with van der Waals surface area (Å²) in [5, 5.41) is 15.9. The van der Waals surface area contributed by atoms with E-state index in [1.807, 2.05) is 19.1 Å². The minimum Gasteiger partial charge on any atom is -0.497 e. The minimum absolute atomic E-state index is 0.0171. The number of hydrogen-bond donors (Lipinski definition) is 3. The molecule has 0 saturated heterocycles. The third-order valence-electron chi connectivity index (χ3n) is 7.97. The standard InChI is InChI=1S/C31H44N4O5/c1-21-17-35(22(2)20-36)30(37)27-16-25(33-31(38)32-24-8-6-5-7-9-24)12-15-28(27)40-29(21)19-34(3)18-23-10-13-26(39-4)14-11-23/h10-16,21-22,24,29,36H,5-9,17-20H2,1-4H3,(H2,32,33,38)/t21-,22+,29-/m0/s1. The Labute approximate surface area is 237 Å². The zero-order chi connectivity index (χ0) is 28.6. The topological polar surface area (TPSA) is 103 Å². The number of likely N-dealkylation sites (N-methyl/N-ethyl adjacent to an activating group) is 1. The molecule has 2 aliphatic rings. The molecule has 1 aliphatic heterocycles. The molecule has 0 unspecified atom stereocenters. The number of amides is 3. The molecule has 9 heteroatoms. The van der Waals surface area contributed by atoms with E-state index in [1.165, 1.54) is 6.42 Å².